The average molecular weight is 416 g/mol. The minimum Gasteiger partial charge on any atom is -0.497 e. The third-order valence-electron chi connectivity index (χ3n) is 4.97. The first-order valence-corrected chi connectivity index (χ1v) is 10.1. The molecule has 154 valence electrons. The topological polar surface area (TPSA) is 61.9 Å². The molecule has 0 aliphatic carbocycles. The standard InChI is InChI=1S/C22H26ClN3O3/c1-15(2)22(28)26-12-10-25(11-13-26)20-18(23)8-5-9-19(20)24-21(27)16-6-4-7-17(14-16)29-3/h4-9,14-15H,10-13H2,1-3H3,(H,24,27). The second-order valence-corrected chi connectivity index (χ2v) is 7.70. The lowest BCUT2D eigenvalue weighted by Crippen LogP contribution is -2.50. The van der Waals surface area contributed by atoms with Gasteiger partial charge in [-0.3, -0.25) is 9.59 Å². The van der Waals surface area contributed by atoms with Crippen molar-refractivity contribution in [1.29, 1.82) is 0 Å². The summed E-state index contributed by atoms with van der Waals surface area (Å²) >= 11 is 6.50. The van der Waals surface area contributed by atoms with E-state index < -0.39 is 0 Å². The van der Waals surface area contributed by atoms with Gasteiger partial charge in [-0.1, -0.05) is 37.6 Å². The van der Waals surface area contributed by atoms with Crippen molar-refractivity contribution < 1.29 is 14.3 Å². The molecule has 0 radical (unpaired) electrons. The molecule has 0 saturated carbocycles. The van der Waals surface area contributed by atoms with Crippen molar-refractivity contribution in [3.8, 4) is 5.75 Å². The normalized spacial score (nSPS) is 14.1. The highest BCUT2D eigenvalue weighted by molar-refractivity contribution is 6.34. The minimum absolute atomic E-state index is 0.0143. The van der Waals surface area contributed by atoms with Crippen molar-refractivity contribution >= 4 is 34.8 Å². The van der Waals surface area contributed by atoms with Gasteiger partial charge in [0.25, 0.3) is 5.91 Å². The highest BCUT2D eigenvalue weighted by Crippen LogP contribution is 2.35. The number of carbonyl (C=O) groups excluding carboxylic acids is 2. The number of amides is 2. The number of para-hydroxylation sites is 1. The number of hydrogen-bond donors (Lipinski definition) is 1. The molecule has 1 aliphatic rings. The lowest BCUT2D eigenvalue weighted by molar-refractivity contribution is -0.134. The molecule has 2 aromatic carbocycles. The molecule has 0 bridgehead atoms. The van der Waals surface area contributed by atoms with E-state index >= 15 is 0 Å². The first-order valence-electron chi connectivity index (χ1n) is 9.68. The molecule has 3 rings (SSSR count). The van der Waals surface area contributed by atoms with Gasteiger partial charge in [-0.05, 0) is 30.3 Å². The summed E-state index contributed by atoms with van der Waals surface area (Å²) in [5.41, 5.74) is 1.93. The molecule has 2 aromatic rings. The second kappa shape index (κ2) is 9.18. The number of nitrogens with one attached hydrogen (secondary N) is 1. The van der Waals surface area contributed by atoms with Crippen molar-refractivity contribution in [2.45, 2.75) is 13.8 Å². The van der Waals surface area contributed by atoms with Gasteiger partial charge in [0.15, 0.2) is 0 Å². The molecule has 0 unspecified atom stereocenters. The molecular weight excluding hydrogens is 390 g/mol. The first-order chi connectivity index (χ1) is 13.9. The summed E-state index contributed by atoms with van der Waals surface area (Å²) in [6, 6.07) is 12.4. The molecule has 2 amide bonds. The SMILES string of the molecule is COc1cccc(C(=O)Nc2cccc(Cl)c2N2CCN(C(=O)C(C)C)CC2)c1. The van der Waals surface area contributed by atoms with E-state index in [4.69, 9.17) is 16.3 Å². The van der Waals surface area contributed by atoms with Crippen LogP contribution in [0.2, 0.25) is 5.02 Å². The van der Waals surface area contributed by atoms with Crippen LogP contribution in [0.15, 0.2) is 42.5 Å². The van der Waals surface area contributed by atoms with E-state index in [0.717, 1.165) is 5.69 Å². The Morgan fingerprint density at radius 2 is 1.76 bits per heavy atom. The molecule has 6 nitrogen and oxygen atoms in total. The van der Waals surface area contributed by atoms with Crippen LogP contribution in [0.4, 0.5) is 11.4 Å². The smallest absolute Gasteiger partial charge is 0.255 e. The van der Waals surface area contributed by atoms with Crippen LogP contribution in [-0.2, 0) is 4.79 Å². The zero-order valence-electron chi connectivity index (χ0n) is 16.9. The molecule has 0 spiro atoms. The number of nitrogens with zero attached hydrogens (tertiary/aromatic N) is 2. The fraction of sp³-hybridized carbons (Fsp3) is 0.364. The van der Waals surface area contributed by atoms with Crippen LogP contribution in [0.25, 0.3) is 0 Å². The van der Waals surface area contributed by atoms with E-state index in [-0.39, 0.29) is 17.7 Å². The monoisotopic (exact) mass is 415 g/mol. The number of hydrogen-bond acceptors (Lipinski definition) is 4. The molecule has 1 fully saturated rings. The van der Waals surface area contributed by atoms with Gasteiger partial charge in [0, 0.05) is 37.7 Å². The molecule has 7 heteroatoms. The fourth-order valence-corrected chi connectivity index (χ4v) is 3.71. The van der Waals surface area contributed by atoms with Crippen molar-refractivity contribution in [2.75, 3.05) is 43.5 Å². The van der Waals surface area contributed by atoms with Crippen LogP contribution in [0.1, 0.15) is 24.2 Å². The van der Waals surface area contributed by atoms with Gasteiger partial charge in [-0.25, -0.2) is 0 Å². The predicted molar refractivity (Wildman–Crippen MR) is 116 cm³/mol. The van der Waals surface area contributed by atoms with Crippen LogP contribution >= 0.6 is 11.6 Å². The van der Waals surface area contributed by atoms with E-state index in [2.05, 4.69) is 10.2 Å². The summed E-state index contributed by atoms with van der Waals surface area (Å²) in [6.07, 6.45) is 0. The third kappa shape index (κ3) is 4.82. The highest BCUT2D eigenvalue weighted by atomic mass is 35.5. The average Bonchev–Trinajstić information content (AvgIpc) is 2.73. The maximum absolute atomic E-state index is 12.8. The highest BCUT2D eigenvalue weighted by Gasteiger charge is 2.25. The summed E-state index contributed by atoms with van der Waals surface area (Å²) in [6.45, 7) is 6.40. The number of rotatable bonds is 5. The third-order valence-corrected chi connectivity index (χ3v) is 5.27. The Bertz CT molecular complexity index is 893. The lowest BCUT2D eigenvalue weighted by Gasteiger charge is -2.38. The van der Waals surface area contributed by atoms with Crippen LogP contribution < -0.4 is 15.0 Å². The van der Waals surface area contributed by atoms with Gasteiger partial charge < -0.3 is 19.9 Å². The number of piperazine rings is 1. The van der Waals surface area contributed by atoms with E-state index in [1.165, 1.54) is 0 Å². The van der Waals surface area contributed by atoms with E-state index in [1.807, 2.05) is 36.9 Å². The Kier molecular flexibility index (Phi) is 6.64. The maximum atomic E-state index is 12.8. The Balaban J connectivity index is 1.78. The van der Waals surface area contributed by atoms with Crippen LogP contribution in [0.3, 0.4) is 0 Å². The summed E-state index contributed by atoms with van der Waals surface area (Å²) in [4.78, 5) is 29.0. The van der Waals surface area contributed by atoms with Crippen molar-refractivity contribution in [3.63, 3.8) is 0 Å². The van der Waals surface area contributed by atoms with Gasteiger partial charge in [-0.15, -0.1) is 0 Å². The Morgan fingerprint density at radius 1 is 1.07 bits per heavy atom. The molecule has 1 aliphatic heterocycles. The maximum Gasteiger partial charge on any atom is 0.255 e. The van der Waals surface area contributed by atoms with E-state index in [1.54, 1.807) is 31.4 Å². The second-order valence-electron chi connectivity index (χ2n) is 7.29. The number of carbonyl (C=O) groups is 2. The van der Waals surface area contributed by atoms with Gasteiger partial charge in [0.05, 0.1) is 23.5 Å². The summed E-state index contributed by atoms with van der Waals surface area (Å²) in [7, 11) is 1.57. The molecule has 1 N–H and O–H groups in total. The number of methoxy groups -OCH3 is 1. The minimum atomic E-state index is -0.235. The number of benzene rings is 2. The number of anilines is 2. The van der Waals surface area contributed by atoms with Crippen molar-refractivity contribution in [2.24, 2.45) is 5.92 Å². The zero-order valence-corrected chi connectivity index (χ0v) is 17.7. The fourth-order valence-electron chi connectivity index (χ4n) is 3.41. The largest absolute Gasteiger partial charge is 0.497 e. The summed E-state index contributed by atoms with van der Waals surface area (Å²) in [5, 5.41) is 3.53. The number of halogens is 1. The predicted octanol–water partition coefficient (Wildman–Crippen LogP) is 3.91. The quantitative estimate of drug-likeness (QED) is 0.804. The van der Waals surface area contributed by atoms with Crippen LogP contribution in [-0.4, -0.2) is 50.0 Å². The van der Waals surface area contributed by atoms with Gasteiger partial charge >= 0.3 is 0 Å². The Labute approximate surface area is 176 Å². The Hall–Kier alpha value is -2.73. The molecule has 1 saturated heterocycles. The molecule has 0 aromatic heterocycles. The zero-order chi connectivity index (χ0) is 21.0. The van der Waals surface area contributed by atoms with Gasteiger partial charge in [0.1, 0.15) is 5.75 Å². The lowest BCUT2D eigenvalue weighted by atomic mass is 10.1. The molecule has 0 atom stereocenters. The van der Waals surface area contributed by atoms with Crippen LogP contribution in [0.5, 0.6) is 5.75 Å². The van der Waals surface area contributed by atoms with Gasteiger partial charge in [-0.2, -0.15) is 0 Å². The summed E-state index contributed by atoms with van der Waals surface area (Å²) in [5.74, 6) is 0.533. The first kappa shape index (κ1) is 21.0. The van der Waals surface area contributed by atoms with Crippen molar-refractivity contribution in [1.82, 2.24) is 4.90 Å². The van der Waals surface area contributed by atoms with Crippen molar-refractivity contribution in [3.05, 3.63) is 53.1 Å². The molecule has 29 heavy (non-hydrogen) atoms. The van der Waals surface area contributed by atoms with Crippen LogP contribution in [0, 0.1) is 5.92 Å². The van der Waals surface area contributed by atoms with E-state index in [0.29, 0.717) is 48.2 Å². The van der Waals surface area contributed by atoms with E-state index in [9.17, 15) is 9.59 Å². The Morgan fingerprint density at radius 3 is 2.41 bits per heavy atom. The molecule has 1 heterocycles. The van der Waals surface area contributed by atoms with Gasteiger partial charge in [0.2, 0.25) is 5.91 Å². The summed E-state index contributed by atoms with van der Waals surface area (Å²) < 4.78 is 5.20. The molecular formula is C22H26ClN3O3. The number of ether oxygens (including phenoxy) is 1.